The summed E-state index contributed by atoms with van der Waals surface area (Å²) in [4.78, 5) is 0. The van der Waals surface area contributed by atoms with Crippen molar-refractivity contribution in [2.24, 2.45) is 11.8 Å². The molecule has 2 rings (SSSR count). The fourth-order valence-electron chi connectivity index (χ4n) is 3.17. The highest BCUT2D eigenvalue weighted by molar-refractivity contribution is 4.93. The van der Waals surface area contributed by atoms with Crippen LogP contribution in [0.2, 0.25) is 0 Å². The molecular weight excluding hydrogens is 186 g/mol. The average molecular weight is 211 g/mol. The number of ether oxygens (including phenoxy) is 1. The summed E-state index contributed by atoms with van der Waals surface area (Å²) in [5.74, 6) is 1.67. The zero-order valence-corrected chi connectivity index (χ0v) is 10.2. The van der Waals surface area contributed by atoms with E-state index in [-0.39, 0.29) is 5.60 Å². The number of rotatable bonds is 3. The van der Waals surface area contributed by atoms with E-state index in [1.165, 1.54) is 32.1 Å². The molecule has 0 aromatic rings. The van der Waals surface area contributed by atoms with Crippen LogP contribution in [0.25, 0.3) is 0 Å². The Kier molecular flexibility index (Phi) is 3.68. The van der Waals surface area contributed by atoms with Crippen LogP contribution in [0.4, 0.5) is 0 Å². The predicted octanol–water partition coefficient (Wildman–Crippen LogP) is 2.58. The lowest BCUT2D eigenvalue weighted by atomic mass is 9.80. The van der Waals surface area contributed by atoms with E-state index in [9.17, 15) is 0 Å². The number of piperidine rings is 1. The molecule has 0 bridgehead atoms. The van der Waals surface area contributed by atoms with Crippen LogP contribution in [0.3, 0.4) is 0 Å². The highest BCUT2D eigenvalue weighted by atomic mass is 16.5. The van der Waals surface area contributed by atoms with E-state index in [1.807, 2.05) is 0 Å². The minimum Gasteiger partial charge on any atom is -0.375 e. The number of hydrogen-bond donors (Lipinski definition) is 1. The molecule has 1 spiro atoms. The standard InChI is InChI=1S/C13H25NO/c1-3-4-11(2)12-9-13(15-10-12)5-7-14-8-6-13/h11-12,14H,3-10H2,1-2H3. The highest BCUT2D eigenvalue weighted by Gasteiger charge is 2.42. The lowest BCUT2D eigenvalue weighted by Gasteiger charge is -2.33. The summed E-state index contributed by atoms with van der Waals surface area (Å²) >= 11 is 0. The van der Waals surface area contributed by atoms with Crippen molar-refractivity contribution in [2.45, 2.75) is 51.6 Å². The van der Waals surface area contributed by atoms with Gasteiger partial charge in [0.15, 0.2) is 0 Å². The predicted molar refractivity (Wildman–Crippen MR) is 63.0 cm³/mol. The monoisotopic (exact) mass is 211 g/mol. The number of hydrogen-bond acceptors (Lipinski definition) is 2. The van der Waals surface area contributed by atoms with Crippen LogP contribution in [0.1, 0.15) is 46.0 Å². The van der Waals surface area contributed by atoms with Gasteiger partial charge in [0.1, 0.15) is 0 Å². The first kappa shape index (κ1) is 11.4. The summed E-state index contributed by atoms with van der Waals surface area (Å²) in [5, 5.41) is 3.43. The van der Waals surface area contributed by atoms with Gasteiger partial charge in [-0.2, -0.15) is 0 Å². The van der Waals surface area contributed by atoms with Crippen molar-refractivity contribution in [3.63, 3.8) is 0 Å². The molecule has 0 amide bonds. The molecule has 2 heteroatoms. The Labute approximate surface area is 93.8 Å². The van der Waals surface area contributed by atoms with Crippen molar-refractivity contribution in [3.8, 4) is 0 Å². The summed E-state index contributed by atoms with van der Waals surface area (Å²) in [6.45, 7) is 8.00. The quantitative estimate of drug-likeness (QED) is 0.774. The van der Waals surface area contributed by atoms with Gasteiger partial charge < -0.3 is 10.1 Å². The van der Waals surface area contributed by atoms with Crippen LogP contribution in [-0.2, 0) is 4.74 Å². The fraction of sp³-hybridized carbons (Fsp3) is 1.00. The van der Waals surface area contributed by atoms with Crippen LogP contribution < -0.4 is 5.32 Å². The molecule has 1 N–H and O–H groups in total. The SMILES string of the molecule is CCCC(C)C1COC2(CCNCC2)C1. The Bertz CT molecular complexity index is 199. The average Bonchev–Trinajstić information content (AvgIpc) is 2.64. The third-order valence-electron chi connectivity index (χ3n) is 4.30. The molecule has 2 heterocycles. The summed E-state index contributed by atoms with van der Waals surface area (Å²) in [7, 11) is 0. The van der Waals surface area contributed by atoms with E-state index in [0.717, 1.165) is 31.5 Å². The van der Waals surface area contributed by atoms with Crippen LogP contribution >= 0.6 is 0 Å². The first-order chi connectivity index (χ1) is 7.26. The molecule has 0 saturated carbocycles. The maximum absolute atomic E-state index is 6.12. The molecular formula is C13H25NO. The smallest absolute Gasteiger partial charge is 0.0710 e. The Morgan fingerprint density at radius 1 is 1.40 bits per heavy atom. The molecule has 2 fully saturated rings. The Balaban J connectivity index is 1.87. The van der Waals surface area contributed by atoms with Gasteiger partial charge in [0.05, 0.1) is 12.2 Å². The van der Waals surface area contributed by atoms with Crippen molar-refractivity contribution in [1.29, 1.82) is 0 Å². The van der Waals surface area contributed by atoms with Gasteiger partial charge in [0, 0.05) is 0 Å². The van der Waals surface area contributed by atoms with Gasteiger partial charge in [0.25, 0.3) is 0 Å². The molecule has 0 aliphatic carbocycles. The second-order valence-electron chi connectivity index (χ2n) is 5.47. The van der Waals surface area contributed by atoms with E-state index in [2.05, 4.69) is 19.2 Å². The Morgan fingerprint density at radius 2 is 2.13 bits per heavy atom. The largest absolute Gasteiger partial charge is 0.375 e. The normalized spacial score (nSPS) is 32.0. The van der Waals surface area contributed by atoms with Crippen molar-refractivity contribution < 1.29 is 4.74 Å². The maximum atomic E-state index is 6.12. The molecule has 0 radical (unpaired) electrons. The van der Waals surface area contributed by atoms with E-state index >= 15 is 0 Å². The minimum atomic E-state index is 0.262. The molecule has 2 aliphatic rings. The lowest BCUT2D eigenvalue weighted by Crippen LogP contribution is -2.41. The first-order valence-electron chi connectivity index (χ1n) is 6.60. The Morgan fingerprint density at radius 3 is 2.80 bits per heavy atom. The molecule has 2 aliphatic heterocycles. The van der Waals surface area contributed by atoms with Crippen LogP contribution in [0, 0.1) is 11.8 Å². The van der Waals surface area contributed by atoms with Crippen LogP contribution in [0.15, 0.2) is 0 Å². The van der Waals surface area contributed by atoms with Crippen molar-refractivity contribution in [1.82, 2.24) is 5.32 Å². The summed E-state index contributed by atoms with van der Waals surface area (Å²) < 4.78 is 6.12. The van der Waals surface area contributed by atoms with Gasteiger partial charge in [-0.25, -0.2) is 0 Å². The molecule has 2 unspecified atom stereocenters. The van der Waals surface area contributed by atoms with Crippen LogP contribution in [0.5, 0.6) is 0 Å². The van der Waals surface area contributed by atoms with E-state index < -0.39 is 0 Å². The maximum Gasteiger partial charge on any atom is 0.0710 e. The summed E-state index contributed by atoms with van der Waals surface area (Å²) in [5.41, 5.74) is 0.262. The van der Waals surface area contributed by atoms with Gasteiger partial charge in [0.2, 0.25) is 0 Å². The fourth-order valence-corrected chi connectivity index (χ4v) is 3.17. The molecule has 0 aromatic carbocycles. The molecule has 15 heavy (non-hydrogen) atoms. The van der Waals surface area contributed by atoms with E-state index in [1.54, 1.807) is 0 Å². The topological polar surface area (TPSA) is 21.3 Å². The third kappa shape index (κ3) is 2.54. The zero-order valence-electron chi connectivity index (χ0n) is 10.2. The van der Waals surface area contributed by atoms with Crippen molar-refractivity contribution in [2.75, 3.05) is 19.7 Å². The third-order valence-corrected chi connectivity index (χ3v) is 4.30. The second-order valence-corrected chi connectivity index (χ2v) is 5.47. The van der Waals surface area contributed by atoms with Gasteiger partial charge in [-0.15, -0.1) is 0 Å². The minimum absolute atomic E-state index is 0.262. The zero-order chi connectivity index (χ0) is 10.7. The van der Waals surface area contributed by atoms with Gasteiger partial charge in [-0.3, -0.25) is 0 Å². The molecule has 2 atom stereocenters. The number of nitrogens with one attached hydrogen (secondary N) is 1. The van der Waals surface area contributed by atoms with Crippen molar-refractivity contribution in [3.05, 3.63) is 0 Å². The van der Waals surface area contributed by atoms with Gasteiger partial charge in [-0.05, 0) is 44.2 Å². The summed E-state index contributed by atoms with van der Waals surface area (Å²) in [6, 6.07) is 0. The highest BCUT2D eigenvalue weighted by Crippen LogP contribution is 2.40. The molecule has 2 saturated heterocycles. The molecule has 88 valence electrons. The van der Waals surface area contributed by atoms with E-state index in [0.29, 0.717) is 0 Å². The van der Waals surface area contributed by atoms with Gasteiger partial charge >= 0.3 is 0 Å². The summed E-state index contributed by atoms with van der Waals surface area (Å²) in [6.07, 6.45) is 6.44. The van der Waals surface area contributed by atoms with Crippen molar-refractivity contribution >= 4 is 0 Å². The van der Waals surface area contributed by atoms with E-state index in [4.69, 9.17) is 4.74 Å². The van der Waals surface area contributed by atoms with Gasteiger partial charge in [-0.1, -0.05) is 26.7 Å². The lowest BCUT2D eigenvalue weighted by molar-refractivity contribution is -0.0200. The molecule has 0 aromatic heterocycles. The molecule has 2 nitrogen and oxygen atoms in total. The first-order valence-corrected chi connectivity index (χ1v) is 6.60. The second kappa shape index (κ2) is 4.84. The Hall–Kier alpha value is -0.0800. The van der Waals surface area contributed by atoms with Crippen LogP contribution in [-0.4, -0.2) is 25.3 Å².